The van der Waals surface area contributed by atoms with Crippen LogP contribution in [0.5, 0.6) is 0 Å². The molecule has 0 bridgehead atoms. The highest BCUT2D eigenvalue weighted by atomic mass is 16.5. The number of benzene rings is 2. The van der Waals surface area contributed by atoms with Crippen LogP contribution in [0.15, 0.2) is 36.4 Å². The molecule has 2 amide bonds. The summed E-state index contributed by atoms with van der Waals surface area (Å²) in [4.78, 5) is 35.9. The van der Waals surface area contributed by atoms with Crippen molar-refractivity contribution in [2.45, 2.75) is 34.1 Å². The predicted molar refractivity (Wildman–Crippen MR) is 108 cm³/mol. The van der Waals surface area contributed by atoms with Gasteiger partial charge in [-0.2, -0.15) is 0 Å². The van der Waals surface area contributed by atoms with Crippen molar-refractivity contribution in [2.75, 3.05) is 18.5 Å². The summed E-state index contributed by atoms with van der Waals surface area (Å²) in [6, 6.07) is 11.0. The molecular formula is C22H26N2O4. The molecule has 2 rings (SSSR count). The zero-order valence-corrected chi connectivity index (χ0v) is 16.7. The molecule has 28 heavy (non-hydrogen) atoms. The van der Waals surface area contributed by atoms with Crippen molar-refractivity contribution < 1.29 is 19.1 Å². The molecule has 2 N–H and O–H groups in total. The lowest BCUT2D eigenvalue weighted by molar-refractivity contribution is -0.126. The molecule has 0 heterocycles. The van der Waals surface area contributed by atoms with E-state index in [0.29, 0.717) is 5.56 Å². The average molecular weight is 382 g/mol. The van der Waals surface area contributed by atoms with E-state index in [9.17, 15) is 14.4 Å². The van der Waals surface area contributed by atoms with Gasteiger partial charge in [0.25, 0.3) is 5.91 Å². The van der Waals surface area contributed by atoms with E-state index in [1.54, 1.807) is 12.1 Å². The maximum absolute atomic E-state index is 12.1. The maximum atomic E-state index is 12.1. The van der Waals surface area contributed by atoms with E-state index >= 15 is 0 Å². The topological polar surface area (TPSA) is 84.5 Å². The van der Waals surface area contributed by atoms with E-state index in [0.717, 1.165) is 34.4 Å². The second-order valence-corrected chi connectivity index (χ2v) is 6.73. The van der Waals surface area contributed by atoms with Crippen molar-refractivity contribution in [3.05, 3.63) is 64.2 Å². The molecule has 0 atom stereocenters. The van der Waals surface area contributed by atoms with Crippen LogP contribution >= 0.6 is 0 Å². The molecule has 0 saturated carbocycles. The molecule has 0 unspecified atom stereocenters. The molecule has 0 spiro atoms. The van der Waals surface area contributed by atoms with Crippen LogP contribution in [0.25, 0.3) is 0 Å². The zero-order valence-electron chi connectivity index (χ0n) is 16.7. The number of esters is 1. The van der Waals surface area contributed by atoms with Crippen molar-refractivity contribution >= 4 is 23.5 Å². The van der Waals surface area contributed by atoms with Crippen molar-refractivity contribution in [3.8, 4) is 0 Å². The van der Waals surface area contributed by atoms with E-state index < -0.39 is 18.5 Å². The number of aryl methyl sites for hydroxylation is 4. The van der Waals surface area contributed by atoms with Crippen molar-refractivity contribution in [3.63, 3.8) is 0 Å². The van der Waals surface area contributed by atoms with E-state index in [2.05, 4.69) is 10.6 Å². The summed E-state index contributed by atoms with van der Waals surface area (Å²) in [6.45, 7) is 7.21. The Morgan fingerprint density at radius 1 is 0.929 bits per heavy atom. The van der Waals surface area contributed by atoms with E-state index in [-0.39, 0.29) is 12.5 Å². The average Bonchev–Trinajstić information content (AvgIpc) is 2.67. The van der Waals surface area contributed by atoms with Gasteiger partial charge in [-0.05, 0) is 56.0 Å². The monoisotopic (exact) mass is 382 g/mol. The molecule has 6 heteroatoms. The number of amides is 2. The summed E-state index contributed by atoms with van der Waals surface area (Å²) in [5.41, 5.74) is 5.27. The van der Waals surface area contributed by atoms with Gasteiger partial charge in [0, 0.05) is 5.69 Å². The Hall–Kier alpha value is -3.15. The largest absolute Gasteiger partial charge is 0.452 e. The molecule has 0 fully saturated rings. The lowest BCUT2D eigenvalue weighted by Crippen LogP contribution is -2.35. The zero-order chi connectivity index (χ0) is 20.7. The van der Waals surface area contributed by atoms with E-state index in [4.69, 9.17) is 4.74 Å². The number of anilines is 1. The smallest absolute Gasteiger partial charge is 0.338 e. The standard InChI is InChI=1S/C22H26N2O4/c1-5-17-6-8-18(9-7-17)22(27)28-13-20(26)23-12-19(25)24-21-15(3)10-14(2)11-16(21)4/h6-11H,5,12-13H2,1-4H3,(H,23,26)(H,24,25). The molecule has 0 aromatic heterocycles. The molecule has 2 aromatic rings. The highest BCUT2D eigenvalue weighted by molar-refractivity contribution is 5.96. The van der Waals surface area contributed by atoms with E-state index in [1.165, 1.54) is 0 Å². The van der Waals surface area contributed by atoms with Crippen LogP contribution in [0.2, 0.25) is 0 Å². The summed E-state index contributed by atoms with van der Waals surface area (Å²) in [7, 11) is 0. The summed E-state index contributed by atoms with van der Waals surface area (Å²) in [5.74, 6) is -1.45. The van der Waals surface area contributed by atoms with Crippen LogP contribution in [0.1, 0.15) is 39.5 Å². The number of rotatable bonds is 7. The number of ether oxygens (including phenoxy) is 1. The van der Waals surface area contributed by atoms with Crippen LogP contribution in [0.3, 0.4) is 0 Å². The molecule has 0 aliphatic carbocycles. The van der Waals surface area contributed by atoms with Gasteiger partial charge in [-0.25, -0.2) is 4.79 Å². The third-order valence-electron chi connectivity index (χ3n) is 4.32. The second kappa shape index (κ2) is 9.69. The summed E-state index contributed by atoms with van der Waals surface area (Å²) < 4.78 is 4.98. The first-order valence-electron chi connectivity index (χ1n) is 9.20. The normalized spacial score (nSPS) is 10.3. The minimum Gasteiger partial charge on any atom is -0.452 e. The van der Waals surface area contributed by atoms with Gasteiger partial charge in [-0.15, -0.1) is 0 Å². The Labute approximate surface area is 165 Å². The fraction of sp³-hybridized carbons (Fsp3) is 0.318. The quantitative estimate of drug-likeness (QED) is 0.721. The molecule has 0 aliphatic rings. The Balaban J connectivity index is 1.78. The SMILES string of the molecule is CCc1ccc(C(=O)OCC(=O)NCC(=O)Nc2c(C)cc(C)cc2C)cc1. The molecule has 0 radical (unpaired) electrons. The molecule has 6 nitrogen and oxygen atoms in total. The van der Waals surface area contributed by atoms with Crippen molar-refractivity contribution in [1.82, 2.24) is 5.32 Å². The number of carbonyl (C=O) groups excluding carboxylic acids is 3. The van der Waals surface area contributed by atoms with Crippen LogP contribution in [-0.2, 0) is 20.7 Å². The van der Waals surface area contributed by atoms with Crippen LogP contribution < -0.4 is 10.6 Å². The lowest BCUT2D eigenvalue weighted by Gasteiger charge is -2.13. The molecule has 0 aliphatic heterocycles. The van der Waals surface area contributed by atoms with Gasteiger partial charge in [0.05, 0.1) is 12.1 Å². The van der Waals surface area contributed by atoms with Crippen molar-refractivity contribution in [1.29, 1.82) is 0 Å². The first-order valence-corrected chi connectivity index (χ1v) is 9.20. The first kappa shape index (κ1) is 21.2. The van der Waals surface area contributed by atoms with Gasteiger partial charge in [0.15, 0.2) is 6.61 Å². The molecule has 148 valence electrons. The Kier molecular flexibility index (Phi) is 7.32. The molecular weight excluding hydrogens is 356 g/mol. The highest BCUT2D eigenvalue weighted by Gasteiger charge is 2.12. The number of hydrogen-bond acceptors (Lipinski definition) is 4. The highest BCUT2D eigenvalue weighted by Crippen LogP contribution is 2.21. The fourth-order valence-corrected chi connectivity index (χ4v) is 2.88. The maximum Gasteiger partial charge on any atom is 0.338 e. The van der Waals surface area contributed by atoms with Gasteiger partial charge in [-0.3, -0.25) is 9.59 Å². The van der Waals surface area contributed by atoms with Crippen LogP contribution in [0.4, 0.5) is 5.69 Å². The molecule has 0 saturated heterocycles. The molecule has 2 aromatic carbocycles. The lowest BCUT2D eigenvalue weighted by atomic mass is 10.1. The Morgan fingerprint density at radius 2 is 1.54 bits per heavy atom. The minimum atomic E-state index is -0.576. The van der Waals surface area contributed by atoms with Gasteiger partial charge < -0.3 is 15.4 Å². The minimum absolute atomic E-state index is 0.200. The van der Waals surface area contributed by atoms with Gasteiger partial charge in [0.2, 0.25) is 5.91 Å². The third-order valence-corrected chi connectivity index (χ3v) is 4.32. The van der Waals surface area contributed by atoms with Crippen LogP contribution in [0, 0.1) is 20.8 Å². The Morgan fingerprint density at radius 3 is 2.11 bits per heavy atom. The van der Waals surface area contributed by atoms with Gasteiger partial charge in [-0.1, -0.05) is 36.8 Å². The van der Waals surface area contributed by atoms with E-state index in [1.807, 2.05) is 52.0 Å². The summed E-state index contributed by atoms with van der Waals surface area (Å²) in [5, 5.41) is 5.25. The predicted octanol–water partition coefficient (Wildman–Crippen LogP) is 3.09. The van der Waals surface area contributed by atoms with Gasteiger partial charge in [0.1, 0.15) is 0 Å². The Bertz CT molecular complexity index is 850. The van der Waals surface area contributed by atoms with Crippen LogP contribution in [-0.4, -0.2) is 30.9 Å². The van der Waals surface area contributed by atoms with Crippen molar-refractivity contribution in [2.24, 2.45) is 0 Å². The summed E-state index contributed by atoms with van der Waals surface area (Å²) in [6.07, 6.45) is 0.876. The number of nitrogens with one attached hydrogen (secondary N) is 2. The number of hydrogen-bond donors (Lipinski definition) is 2. The third kappa shape index (κ3) is 5.94. The number of carbonyl (C=O) groups is 3. The fourth-order valence-electron chi connectivity index (χ4n) is 2.88. The first-order chi connectivity index (χ1) is 13.3. The second-order valence-electron chi connectivity index (χ2n) is 6.73. The summed E-state index contributed by atoms with van der Waals surface area (Å²) >= 11 is 0. The van der Waals surface area contributed by atoms with Gasteiger partial charge >= 0.3 is 5.97 Å².